The molecule has 4 N–H and O–H groups in total. The lowest BCUT2D eigenvalue weighted by molar-refractivity contribution is -0.112. The molecule has 0 atom stereocenters. The molecule has 0 spiro atoms. The molecule has 0 unspecified atom stereocenters. The van der Waals surface area contributed by atoms with Crippen molar-refractivity contribution in [2.45, 2.75) is 6.54 Å². The van der Waals surface area contributed by atoms with Crippen molar-refractivity contribution in [2.24, 2.45) is 0 Å². The SMILES string of the molecule is N#C/C(=C/NCc1ccc(Cl)cc1)C(=O)Nc1ccc(N)cc1. The van der Waals surface area contributed by atoms with E-state index in [0.717, 1.165) is 5.56 Å². The topological polar surface area (TPSA) is 90.9 Å². The molecule has 116 valence electrons. The summed E-state index contributed by atoms with van der Waals surface area (Å²) >= 11 is 5.81. The normalized spacial score (nSPS) is 10.7. The number of carbonyl (C=O) groups excluding carboxylic acids is 1. The Balaban J connectivity index is 1.95. The number of rotatable bonds is 5. The Morgan fingerprint density at radius 1 is 1.17 bits per heavy atom. The van der Waals surface area contributed by atoms with Crippen molar-refractivity contribution in [1.29, 1.82) is 5.26 Å². The molecule has 0 aromatic heterocycles. The van der Waals surface area contributed by atoms with E-state index in [2.05, 4.69) is 10.6 Å². The third-order valence-corrected chi connectivity index (χ3v) is 3.25. The number of nitrogens with two attached hydrogens (primary N) is 1. The number of hydrogen-bond donors (Lipinski definition) is 3. The highest BCUT2D eigenvalue weighted by Crippen LogP contribution is 2.12. The highest BCUT2D eigenvalue weighted by atomic mass is 35.5. The largest absolute Gasteiger partial charge is 0.399 e. The molecule has 2 rings (SSSR count). The molecule has 6 heteroatoms. The molecule has 0 heterocycles. The zero-order valence-electron chi connectivity index (χ0n) is 12.2. The number of halogens is 1. The maximum Gasteiger partial charge on any atom is 0.267 e. The Bertz CT molecular complexity index is 746. The fraction of sp³-hybridized carbons (Fsp3) is 0.0588. The number of nitrogens with zero attached hydrogens (tertiary/aromatic N) is 1. The van der Waals surface area contributed by atoms with Crippen molar-refractivity contribution in [1.82, 2.24) is 5.32 Å². The van der Waals surface area contributed by atoms with Crippen molar-refractivity contribution in [2.75, 3.05) is 11.1 Å². The first-order valence-corrected chi connectivity index (χ1v) is 7.21. The third kappa shape index (κ3) is 5.06. The van der Waals surface area contributed by atoms with E-state index in [0.29, 0.717) is 22.9 Å². The summed E-state index contributed by atoms with van der Waals surface area (Å²) < 4.78 is 0. The summed E-state index contributed by atoms with van der Waals surface area (Å²) in [6, 6.07) is 15.8. The molecule has 0 bridgehead atoms. The molecule has 5 nitrogen and oxygen atoms in total. The van der Waals surface area contributed by atoms with Gasteiger partial charge in [0.05, 0.1) is 0 Å². The Morgan fingerprint density at radius 3 is 2.43 bits per heavy atom. The monoisotopic (exact) mass is 326 g/mol. The van der Waals surface area contributed by atoms with Crippen LogP contribution in [0, 0.1) is 11.3 Å². The molecule has 0 radical (unpaired) electrons. The van der Waals surface area contributed by atoms with Gasteiger partial charge in [0.15, 0.2) is 0 Å². The molecule has 23 heavy (non-hydrogen) atoms. The first-order valence-electron chi connectivity index (χ1n) is 6.83. The predicted octanol–water partition coefficient (Wildman–Crippen LogP) is 3.06. The predicted molar refractivity (Wildman–Crippen MR) is 91.5 cm³/mol. The molecule has 0 saturated heterocycles. The molecule has 0 fully saturated rings. The lowest BCUT2D eigenvalue weighted by atomic mass is 10.2. The molecule has 0 aliphatic rings. The van der Waals surface area contributed by atoms with Crippen molar-refractivity contribution in [3.05, 3.63) is 70.9 Å². The first kappa shape index (κ1) is 16.4. The van der Waals surface area contributed by atoms with Gasteiger partial charge >= 0.3 is 0 Å². The van der Waals surface area contributed by atoms with Crippen LogP contribution in [0.2, 0.25) is 5.02 Å². The van der Waals surface area contributed by atoms with Crippen LogP contribution in [0.15, 0.2) is 60.3 Å². The van der Waals surface area contributed by atoms with Gasteiger partial charge in [0.1, 0.15) is 11.6 Å². The maximum atomic E-state index is 12.0. The fourth-order valence-corrected chi connectivity index (χ4v) is 1.91. The standard InChI is InChI=1S/C17H15ClN4O/c18-14-3-1-12(2-4-14)10-21-11-13(9-19)17(23)22-16-7-5-15(20)6-8-16/h1-8,11,21H,10,20H2,(H,22,23)/b13-11-. The van der Waals surface area contributed by atoms with Gasteiger partial charge in [0.2, 0.25) is 0 Å². The van der Waals surface area contributed by atoms with Crippen LogP contribution in [0.4, 0.5) is 11.4 Å². The van der Waals surface area contributed by atoms with Crippen LogP contribution >= 0.6 is 11.6 Å². The molecule has 0 aliphatic carbocycles. The van der Waals surface area contributed by atoms with Crippen molar-refractivity contribution in [3.8, 4) is 6.07 Å². The van der Waals surface area contributed by atoms with Crippen molar-refractivity contribution in [3.63, 3.8) is 0 Å². The van der Waals surface area contributed by atoms with Gasteiger partial charge in [-0.25, -0.2) is 0 Å². The van der Waals surface area contributed by atoms with Gasteiger partial charge in [0, 0.05) is 29.1 Å². The Morgan fingerprint density at radius 2 is 1.83 bits per heavy atom. The third-order valence-electron chi connectivity index (χ3n) is 3.00. The molecule has 0 saturated carbocycles. The minimum atomic E-state index is -0.485. The van der Waals surface area contributed by atoms with Gasteiger partial charge < -0.3 is 16.4 Å². The van der Waals surface area contributed by atoms with Crippen molar-refractivity contribution >= 4 is 28.9 Å². The second-order valence-electron chi connectivity index (χ2n) is 4.75. The maximum absolute atomic E-state index is 12.0. The quantitative estimate of drug-likeness (QED) is 0.447. The van der Waals surface area contributed by atoms with Crippen LogP contribution in [-0.4, -0.2) is 5.91 Å². The Kier molecular flexibility index (Phi) is 5.61. The number of nitrogens with one attached hydrogen (secondary N) is 2. The van der Waals surface area contributed by atoms with Crippen LogP contribution < -0.4 is 16.4 Å². The number of nitriles is 1. The minimum Gasteiger partial charge on any atom is -0.399 e. The van der Waals surface area contributed by atoms with Crippen LogP contribution in [-0.2, 0) is 11.3 Å². The van der Waals surface area contributed by atoms with E-state index in [9.17, 15) is 4.79 Å². The smallest absolute Gasteiger partial charge is 0.267 e. The summed E-state index contributed by atoms with van der Waals surface area (Å²) in [4.78, 5) is 12.0. The van der Waals surface area contributed by atoms with E-state index >= 15 is 0 Å². The van der Waals surface area contributed by atoms with Crippen LogP contribution in [0.1, 0.15) is 5.56 Å². The molecular weight excluding hydrogens is 312 g/mol. The lowest BCUT2D eigenvalue weighted by Crippen LogP contribution is -2.16. The van der Waals surface area contributed by atoms with Gasteiger partial charge in [-0.15, -0.1) is 0 Å². The van der Waals surface area contributed by atoms with Crippen LogP contribution in [0.5, 0.6) is 0 Å². The number of amides is 1. The number of anilines is 2. The average Bonchev–Trinajstić information content (AvgIpc) is 2.55. The van der Waals surface area contributed by atoms with Crippen molar-refractivity contribution < 1.29 is 4.79 Å². The molecular formula is C17H15ClN4O. The summed E-state index contributed by atoms with van der Waals surface area (Å²) in [6.45, 7) is 0.484. The van der Waals surface area contributed by atoms with E-state index in [1.807, 2.05) is 18.2 Å². The van der Waals surface area contributed by atoms with Crippen LogP contribution in [0.3, 0.4) is 0 Å². The van der Waals surface area contributed by atoms with Crippen LogP contribution in [0.25, 0.3) is 0 Å². The molecule has 2 aromatic carbocycles. The van der Waals surface area contributed by atoms with E-state index in [4.69, 9.17) is 22.6 Å². The zero-order chi connectivity index (χ0) is 16.7. The van der Waals surface area contributed by atoms with Gasteiger partial charge in [-0.05, 0) is 42.0 Å². The number of benzene rings is 2. The van der Waals surface area contributed by atoms with Gasteiger partial charge in [-0.3, -0.25) is 4.79 Å². The van der Waals surface area contributed by atoms with Gasteiger partial charge in [0.25, 0.3) is 5.91 Å². The number of hydrogen-bond acceptors (Lipinski definition) is 4. The Hall–Kier alpha value is -2.97. The summed E-state index contributed by atoms with van der Waals surface area (Å²) in [6.07, 6.45) is 1.39. The number of nitrogen functional groups attached to an aromatic ring is 1. The summed E-state index contributed by atoms with van der Waals surface area (Å²) in [7, 11) is 0. The zero-order valence-corrected chi connectivity index (χ0v) is 13.0. The highest BCUT2D eigenvalue weighted by molar-refractivity contribution is 6.30. The molecule has 1 amide bonds. The second-order valence-corrected chi connectivity index (χ2v) is 5.19. The van der Waals surface area contributed by atoms with Gasteiger partial charge in [-0.1, -0.05) is 23.7 Å². The lowest BCUT2D eigenvalue weighted by Gasteiger charge is -2.06. The van der Waals surface area contributed by atoms with Gasteiger partial charge in [-0.2, -0.15) is 5.26 Å². The first-order chi connectivity index (χ1) is 11.1. The highest BCUT2D eigenvalue weighted by Gasteiger charge is 2.08. The molecule has 0 aliphatic heterocycles. The summed E-state index contributed by atoms with van der Waals surface area (Å²) in [5, 5.41) is 15.3. The second kappa shape index (κ2) is 7.87. The molecule has 2 aromatic rings. The van der Waals surface area contributed by atoms with E-state index < -0.39 is 5.91 Å². The summed E-state index contributed by atoms with van der Waals surface area (Å²) in [5.41, 5.74) is 7.72. The fourth-order valence-electron chi connectivity index (χ4n) is 1.79. The minimum absolute atomic E-state index is 0.0178. The number of carbonyl (C=O) groups is 1. The van der Waals surface area contributed by atoms with E-state index in [-0.39, 0.29) is 5.57 Å². The Labute approximate surface area is 139 Å². The van der Waals surface area contributed by atoms with E-state index in [1.54, 1.807) is 36.4 Å². The summed E-state index contributed by atoms with van der Waals surface area (Å²) in [5.74, 6) is -0.485. The van der Waals surface area contributed by atoms with E-state index in [1.165, 1.54) is 6.20 Å². The average molecular weight is 327 g/mol.